The zero-order valence-corrected chi connectivity index (χ0v) is 15.6. The van der Waals surface area contributed by atoms with E-state index >= 15 is 0 Å². The van der Waals surface area contributed by atoms with Crippen molar-refractivity contribution in [2.75, 3.05) is 7.11 Å². The van der Waals surface area contributed by atoms with Gasteiger partial charge in [-0.3, -0.25) is 14.4 Å². The van der Waals surface area contributed by atoms with E-state index in [-0.39, 0.29) is 24.8 Å². The van der Waals surface area contributed by atoms with E-state index in [9.17, 15) is 19.2 Å². The summed E-state index contributed by atoms with van der Waals surface area (Å²) in [5, 5.41) is 8.83. The highest BCUT2D eigenvalue weighted by atomic mass is 16.6. The van der Waals surface area contributed by atoms with Crippen molar-refractivity contribution in [1.82, 2.24) is 4.90 Å². The molecule has 8 nitrogen and oxygen atoms in total. The molecule has 4 atom stereocenters. The van der Waals surface area contributed by atoms with Crippen LogP contribution in [0.5, 0.6) is 0 Å². The van der Waals surface area contributed by atoms with Crippen LogP contribution in [0.4, 0.5) is 0 Å². The average Bonchev–Trinajstić information content (AvgIpc) is 3.00. The standard InChI is InChI=1S/C20H23NO7/c1-27-20(26)18-14-8-7-13(21(14)16(22)9-10-17(23)24)11-15(18)28-19(25)12-5-3-2-4-6-12/h2-6,13-15,18H,7-11H2,1H3,(H,23,24). The largest absolute Gasteiger partial charge is 0.481 e. The number of amides is 1. The highest BCUT2D eigenvalue weighted by Crippen LogP contribution is 2.42. The van der Waals surface area contributed by atoms with Crippen LogP contribution in [0.3, 0.4) is 0 Å². The molecule has 150 valence electrons. The van der Waals surface area contributed by atoms with Crippen LogP contribution >= 0.6 is 0 Å². The molecule has 28 heavy (non-hydrogen) atoms. The average molecular weight is 389 g/mol. The summed E-state index contributed by atoms with van der Waals surface area (Å²) in [5.74, 6) is -3.18. The molecule has 1 amide bonds. The Morgan fingerprint density at radius 1 is 1.11 bits per heavy atom. The van der Waals surface area contributed by atoms with E-state index in [4.69, 9.17) is 14.6 Å². The number of ether oxygens (including phenoxy) is 2. The quantitative estimate of drug-likeness (QED) is 0.736. The van der Waals surface area contributed by atoms with Crippen LogP contribution in [-0.2, 0) is 23.9 Å². The second kappa shape index (κ2) is 8.41. The Bertz CT molecular complexity index is 763. The topological polar surface area (TPSA) is 110 Å². The van der Waals surface area contributed by atoms with Crippen molar-refractivity contribution in [1.29, 1.82) is 0 Å². The lowest BCUT2D eigenvalue weighted by Crippen LogP contribution is -2.57. The van der Waals surface area contributed by atoms with Crippen molar-refractivity contribution in [3.05, 3.63) is 35.9 Å². The van der Waals surface area contributed by atoms with Crippen LogP contribution in [0.25, 0.3) is 0 Å². The zero-order valence-electron chi connectivity index (χ0n) is 15.6. The Morgan fingerprint density at radius 2 is 1.82 bits per heavy atom. The van der Waals surface area contributed by atoms with E-state index in [2.05, 4.69) is 0 Å². The van der Waals surface area contributed by atoms with Crippen molar-refractivity contribution in [2.24, 2.45) is 5.92 Å². The number of carbonyl (C=O) groups is 4. The van der Waals surface area contributed by atoms with Gasteiger partial charge in [-0.2, -0.15) is 0 Å². The molecule has 1 N–H and O–H groups in total. The second-order valence-electron chi connectivity index (χ2n) is 7.09. The van der Waals surface area contributed by atoms with Crippen molar-refractivity contribution in [3.8, 4) is 0 Å². The van der Waals surface area contributed by atoms with Crippen LogP contribution in [0.15, 0.2) is 30.3 Å². The van der Waals surface area contributed by atoms with E-state index in [0.29, 0.717) is 24.8 Å². The normalized spacial score (nSPS) is 25.8. The number of esters is 2. The molecule has 0 aliphatic carbocycles. The number of fused-ring (bicyclic) bond motifs is 2. The lowest BCUT2D eigenvalue weighted by molar-refractivity contribution is -0.160. The highest BCUT2D eigenvalue weighted by Gasteiger charge is 2.53. The number of carboxylic acids is 1. The summed E-state index contributed by atoms with van der Waals surface area (Å²) in [4.78, 5) is 49.9. The number of nitrogens with zero attached hydrogens (tertiary/aromatic N) is 1. The molecule has 2 bridgehead atoms. The Balaban J connectivity index is 1.78. The molecule has 1 aromatic rings. The molecule has 2 heterocycles. The van der Waals surface area contributed by atoms with E-state index in [1.165, 1.54) is 7.11 Å². The number of benzene rings is 1. The molecular weight excluding hydrogens is 366 g/mol. The number of carboxylic acid groups (broad SMARTS) is 1. The summed E-state index contributed by atoms with van der Waals surface area (Å²) in [5.41, 5.74) is 0.387. The minimum absolute atomic E-state index is 0.120. The number of hydrogen-bond donors (Lipinski definition) is 1. The third-order valence-electron chi connectivity index (χ3n) is 5.45. The SMILES string of the molecule is COC(=O)C1C(OC(=O)c2ccccc2)CC2CCC1N2C(=O)CCC(=O)O. The first-order valence-corrected chi connectivity index (χ1v) is 9.29. The van der Waals surface area contributed by atoms with E-state index in [1.807, 2.05) is 0 Å². The molecule has 0 spiro atoms. The van der Waals surface area contributed by atoms with Gasteiger partial charge in [-0.15, -0.1) is 0 Å². The third kappa shape index (κ3) is 4.00. The van der Waals surface area contributed by atoms with Gasteiger partial charge in [0.25, 0.3) is 0 Å². The molecule has 1 aromatic carbocycles. The van der Waals surface area contributed by atoms with Gasteiger partial charge in [-0.1, -0.05) is 18.2 Å². The molecule has 2 aliphatic heterocycles. The Hall–Kier alpha value is -2.90. The van der Waals surface area contributed by atoms with Gasteiger partial charge in [-0.25, -0.2) is 4.79 Å². The van der Waals surface area contributed by atoms with Gasteiger partial charge in [0.1, 0.15) is 12.0 Å². The first-order chi connectivity index (χ1) is 13.4. The van der Waals surface area contributed by atoms with Crippen LogP contribution in [-0.4, -0.2) is 59.1 Å². The van der Waals surface area contributed by atoms with Crippen molar-refractivity contribution >= 4 is 23.8 Å². The fourth-order valence-electron chi connectivity index (χ4n) is 4.24. The summed E-state index contributed by atoms with van der Waals surface area (Å²) < 4.78 is 10.6. The number of rotatable bonds is 6. The first-order valence-electron chi connectivity index (χ1n) is 9.29. The molecule has 0 aromatic heterocycles. The minimum Gasteiger partial charge on any atom is -0.481 e. The van der Waals surface area contributed by atoms with Crippen molar-refractivity contribution in [2.45, 2.75) is 50.3 Å². The van der Waals surface area contributed by atoms with Crippen molar-refractivity contribution < 1.29 is 33.8 Å². The summed E-state index contributed by atoms with van der Waals surface area (Å²) >= 11 is 0. The smallest absolute Gasteiger partial charge is 0.338 e. The van der Waals surface area contributed by atoms with Gasteiger partial charge in [0, 0.05) is 24.9 Å². The lowest BCUT2D eigenvalue weighted by Gasteiger charge is -2.42. The van der Waals surface area contributed by atoms with E-state index in [1.54, 1.807) is 35.2 Å². The summed E-state index contributed by atoms with van der Waals surface area (Å²) in [7, 11) is 1.26. The number of piperidine rings is 1. The lowest BCUT2D eigenvalue weighted by atomic mass is 9.86. The van der Waals surface area contributed by atoms with Gasteiger partial charge in [-0.05, 0) is 25.0 Å². The maximum atomic E-state index is 12.6. The highest BCUT2D eigenvalue weighted by molar-refractivity contribution is 5.90. The van der Waals surface area contributed by atoms with Crippen molar-refractivity contribution in [3.63, 3.8) is 0 Å². The molecule has 8 heteroatoms. The molecule has 4 unspecified atom stereocenters. The Kier molecular flexibility index (Phi) is 5.96. The van der Waals surface area contributed by atoms with Crippen LogP contribution in [0.1, 0.15) is 42.5 Å². The number of hydrogen-bond acceptors (Lipinski definition) is 6. The molecule has 3 rings (SSSR count). The Morgan fingerprint density at radius 3 is 2.46 bits per heavy atom. The molecule has 2 fully saturated rings. The zero-order chi connectivity index (χ0) is 20.3. The van der Waals surface area contributed by atoms with Gasteiger partial charge >= 0.3 is 17.9 Å². The predicted octanol–water partition coefficient (Wildman–Crippen LogP) is 1.63. The fraction of sp³-hybridized carbons (Fsp3) is 0.500. The Labute approximate surface area is 162 Å². The monoisotopic (exact) mass is 389 g/mol. The van der Waals surface area contributed by atoms with Crippen LogP contribution < -0.4 is 0 Å². The second-order valence-corrected chi connectivity index (χ2v) is 7.09. The van der Waals surface area contributed by atoms with E-state index < -0.39 is 36.0 Å². The van der Waals surface area contributed by atoms with Crippen LogP contribution in [0.2, 0.25) is 0 Å². The third-order valence-corrected chi connectivity index (χ3v) is 5.45. The predicted molar refractivity (Wildman–Crippen MR) is 96.3 cm³/mol. The molecular formula is C20H23NO7. The molecule has 2 saturated heterocycles. The van der Waals surface area contributed by atoms with Gasteiger partial charge < -0.3 is 19.5 Å². The van der Waals surface area contributed by atoms with Gasteiger partial charge in [0.2, 0.25) is 5.91 Å². The maximum Gasteiger partial charge on any atom is 0.338 e. The molecule has 0 saturated carbocycles. The van der Waals surface area contributed by atoms with Gasteiger partial charge in [0.15, 0.2) is 0 Å². The summed E-state index contributed by atoms with van der Waals surface area (Å²) in [6.45, 7) is 0. The van der Waals surface area contributed by atoms with Gasteiger partial charge in [0.05, 0.1) is 19.1 Å². The maximum absolute atomic E-state index is 12.6. The molecule has 0 radical (unpaired) electrons. The van der Waals surface area contributed by atoms with E-state index in [0.717, 1.165) is 0 Å². The number of aliphatic carboxylic acids is 1. The first kappa shape index (κ1) is 19.9. The minimum atomic E-state index is -1.04. The fourth-order valence-corrected chi connectivity index (χ4v) is 4.24. The number of carbonyl (C=O) groups excluding carboxylic acids is 3. The number of methoxy groups -OCH3 is 1. The summed E-state index contributed by atoms with van der Waals surface area (Å²) in [6, 6.07) is 7.87. The summed E-state index contributed by atoms with van der Waals surface area (Å²) in [6.07, 6.45) is 0.516. The molecule has 2 aliphatic rings. The van der Waals surface area contributed by atoms with Crippen LogP contribution in [0, 0.1) is 5.92 Å².